The van der Waals surface area contributed by atoms with E-state index in [4.69, 9.17) is 9.15 Å². The molecule has 1 aromatic carbocycles. The van der Waals surface area contributed by atoms with E-state index in [-0.39, 0.29) is 5.82 Å². The van der Waals surface area contributed by atoms with Crippen LogP contribution in [0.1, 0.15) is 17.7 Å². The number of furan rings is 1. The summed E-state index contributed by atoms with van der Waals surface area (Å²) in [6.07, 6.45) is 2.49. The summed E-state index contributed by atoms with van der Waals surface area (Å²) in [5.74, 6) is 1.37. The quantitative estimate of drug-likeness (QED) is 0.458. The van der Waals surface area contributed by atoms with Crippen molar-refractivity contribution in [1.29, 1.82) is 0 Å². The van der Waals surface area contributed by atoms with E-state index >= 15 is 0 Å². The summed E-state index contributed by atoms with van der Waals surface area (Å²) in [7, 11) is 3.66. The zero-order valence-corrected chi connectivity index (χ0v) is 14.2. The Kier molecular flexibility index (Phi) is 7.29. The van der Waals surface area contributed by atoms with E-state index in [1.165, 1.54) is 12.1 Å². The monoisotopic (exact) mass is 333 g/mol. The summed E-state index contributed by atoms with van der Waals surface area (Å²) in [5, 5.41) is 3.28. The van der Waals surface area contributed by atoms with Crippen LogP contribution < -0.4 is 5.32 Å². The highest BCUT2D eigenvalue weighted by Gasteiger charge is 2.06. The summed E-state index contributed by atoms with van der Waals surface area (Å²) in [6.45, 7) is 2.46. The van der Waals surface area contributed by atoms with E-state index in [0.717, 1.165) is 30.2 Å². The molecule has 2 aromatic rings. The minimum Gasteiger partial charge on any atom is -0.467 e. The maximum atomic E-state index is 13.2. The lowest BCUT2D eigenvalue weighted by Crippen LogP contribution is -2.39. The molecule has 6 heteroatoms. The molecule has 0 saturated heterocycles. The first-order valence-corrected chi connectivity index (χ1v) is 7.95. The van der Waals surface area contributed by atoms with Crippen molar-refractivity contribution in [2.45, 2.75) is 19.6 Å². The zero-order chi connectivity index (χ0) is 17.2. The SMILES string of the molecule is CN=C(NCCCOCc1ccco1)N(C)Cc1cccc(F)c1. The molecule has 0 radical (unpaired) electrons. The molecule has 0 saturated carbocycles. The minimum absolute atomic E-state index is 0.224. The lowest BCUT2D eigenvalue weighted by Gasteiger charge is -2.22. The Bertz CT molecular complexity index is 629. The number of halogens is 1. The molecule has 130 valence electrons. The maximum Gasteiger partial charge on any atom is 0.193 e. The number of hydrogen-bond acceptors (Lipinski definition) is 3. The first-order valence-electron chi connectivity index (χ1n) is 7.95. The van der Waals surface area contributed by atoms with Crippen molar-refractivity contribution in [1.82, 2.24) is 10.2 Å². The zero-order valence-electron chi connectivity index (χ0n) is 14.2. The van der Waals surface area contributed by atoms with Crippen molar-refractivity contribution in [3.05, 3.63) is 59.8 Å². The molecule has 1 aromatic heterocycles. The molecule has 0 aliphatic rings. The van der Waals surface area contributed by atoms with E-state index in [1.54, 1.807) is 19.4 Å². The summed E-state index contributed by atoms with van der Waals surface area (Å²) >= 11 is 0. The molecule has 0 aliphatic heterocycles. The highest BCUT2D eigenvalue weighted by atomic mass is 19.1. The molecule has 1 N–H and O–H groups in total. The van der Waals surface area contributed by atoms with Crippen LogP contribution in [-0.4, -0.2) is 38.1 Å². The second-order valence-corrected chi connectivity index (χ2v) is 5.45. The normalized spacial score (nSPS) is 11.5. The maximum absolute atomic E-state index is 13.2. The first-order chi connectivity index (χ1) is 11.7. The van der Waals surface area contributed by atoms with E-state index in [2.05, 4.69) is 10.3 Å². The Morgan fingerprint density at radius 2 is 2.21 bits per heavy atom. The van der Waals surface area contributed by atoms with Gasteiger partial charge in [0.1, 0.15) is 18.2 Å². The predicted octanol–water partition coefficient (Wildman–Crippen LogP) is 3.03. The highest BCUT2D eigenvalue weighted by Crippen LogP contribution is 2.06. The van der Waals surface area contributed by atoms with Gasteiger partial charge in [0, 0.05) is 33.8 Å². The topological polar surface area (TPSA) is 50.0 Å². The molecule has 0 atom stereocenters. The van der Waals surface area contributed by atoms with Gasteiger partial charge in [-0.05, 0) is 36.2 Å². The van der Waals surface area contributed by atoms with Crippen molar-refractivity contribution < 1.29 is 13.5 Å². The van der Waals surface area contributed by atoms with Crippen molar-refractivity contribution in [2.75, 3.05) is 27.2 Å². The second-order valence-electron chi connectivity index (χ2n) is 5.45. The fraction of sp³-hybridized carbons (Fsp3) is 0.389. The summed E-state index contributed by atoms with van der Waals surface area (Å²) in [5.41, 5.74) is 0.905. The Hall–Kier alpha value is -2.34. The molecular weight excluding hydrogens is 309 g/mol. The van der Waals surface area contributed by atoms with Crippen LogP contribution in [0.3, 0.4) is 0 Å². The van der Waals surface area contributed by atoms with E-state index < -0.39 is 0 Å². The summed E-state index contributed by atoms with van der Waals surface area (Å²) < 4.78 is 24.0. The molecule has 0 unspecified atom stereocenters. The van der Waals surface area contributed by atoms with Gasteiger partial charge in [-0.2, -0.15) is 0 Å². The third kappa shape index (κ3) is 6.04. The van der Waals surface area contributed by atoms with E-state index in [9.17, 15) is 4.39 Å². The Labute approximate surface area is 142 Å². The molecule has 24 heavy (non-hydrogen) atoms. The fourth-order valence-electron chi connectivity index (χ4n) is 2.31. The number of benzene rings is 1. The van der Waals surface area contributed by atoms with Gasteiger partial charge in [-0.15, -0.1) is 0 Å². The fourth-order valence-corrected chi connectivity index (χ4v) is 2.31. The number of aliphatic imine (C=N–C) groups is 1. The van der Waals surface area contributed by atoms with Crippen molar-refractivity contribution in [2.24, 2.45) is 4.99 Å². The van der Waals surface area contributed by atoms with Crippen LogP contribution in [0.15, 0.2) is 52.1 Å². The van der Waals surface area contributed by atoms with Crippen molar-refractivity contribution in [3.63, 3.8) is 0 Å². The van der Waals surface area contributed by atoms with Crippen LogP contribution in [0.2, 0.25) is 0 Å². The van der Waals surface area contributed by atoms with Crippen LogP contribution in [0.5, 0.6) is 0 Å². The van der Waals surface area contributed by atoms with Gasteiger partial charge in [-0.3, -0.25) is 4.99 Å². The largest absolute Gasteiger partial charge is 0.467 e. The van der Waals surface area contributed by atoms with Crippen LogP contribution in [0.4, 0.5) is 4.39 Å². The number of guanidine groups is 1. The van der Waals surface area contributed by atoms with Gasteiger partial charge in [0.25, 0.3) is 0 Å². The predicted molar refractivity (Wildman–Crippen MR) is 92.2 cm³/mol. The van der Waals surface area contributed by atoms with Crippen molar-refractivity contribution in [3.8, 4) is 0 Å². The second kappa shape index (κ2) is 9.72. The third-order valence-corrected chi connectivity index (χ3v) is 3.46. The average Bonchev–Trinajstić information content (AvgIpc) is 3.07. The standard InChI is InChI=1S/C18H24FN3O2/c1-20-18(22(2)13-15-6-3-7-16(19)12-15)21-9-5-10-23-14-17-8-4-11-24-17/h3-4,6-8,11-12H,5,9-10,13-14H2,1-2H3,(H,20,21). The van der Waals surface area contributed by atoms with E-state index in [1.807, 2.05) is 30.1 Å². The highest BCUT2D eigenvalue weighted by molar-refractivity contribution is 5.79. The van der Waals surface area contributed by atoms with Crippen LogP contribution in [-0.2, 0) is 17.9 Å². The molecule has 0 bridgehead atoms. The smallest absolute Gasteiger partial charge is 0.193 e. The minimum atomic E-state index is -0.224. The molecular formula is C18H24FN3O2. The molecule has 5 nitrogen and oxygen atoms in total. The van der Waals surface area contributed by atoms with Gasteiger partial charge in [0.15, 0.2) is 5.96 Å². The number of ether oxygens (including phenoxy) is 1. The molecule has 0 spiro atoms. The molecule has 2 rings (SSSR count). The van der Waals surface area contributed by atoms with Crippen LogP contribution >= 0.6 is 0 Å². The van der Waals surface area contributed by atoms with Gasteiger partial charge >= 0.3 is 0 Å². The van der Waals surface area contributed by atoms with Crippen LogP contribution in [0.25, 0.3) is 0 Å². The third-order valence-electron chi connectivity index (χ3n) is 3.46. The number of hydrogen-bond donors (Lipinski definition) is 1. The molecule has 0 aliphatic carbocycles. The van der Waals surface area contributed by atoms with Gasteiger partial charge in [0.05, 0.1) is 6.26 Å². The van der Waals surface area contributed by atoms with Gasteiger partial charge in [-0.1, -0.05) is 12.1 Å². The van der Waals surface area contributed by atoms with Gasteiger partial charge < -0.3 is 19.4 Å². The first kappa shape index (κ1) is 18.0. The van der Waals surface area contributed by atoms with Crippen LogP contribution in [0, 0.1) is 5.82 Å². The molecule has 0 fully saturated rings. The van der Waals surface area contributed by atoms with Crippen molar-refractivity contribution >= 4 is 5.96 Å². The molecule has 1 heterocycles. The summed E-state index contributed by atoms with van der Waals surface area (Å²) in [6, 6.07) is 10.3. The lowest BCUT2D eigenvalue weighted by atomic mass is 10.2. The Morgan fingerprint density at radius 3 is 2.92 bits per heavy atom. The Morgan fingerprint density at radius 1 is 1.33 bits per heavy atom. The number of rotatable bonds is 8. The number of nitrogens with zero attached hydrogens (tertiary/aromatic N) is 2. The summed E-state index contributed by atoms with van der Waals surface area (Å²) in [4.78, 5) is 6.20. The van der Waals surface area contributed by atoms with E-state index in [0.29, 0.717) is 19.8 Å². The number of nitrogens with one attached hydrogen (secondary N) is 1. The average molecular weight is 333 g/mol. The molecule has 0 amide bonds. The van der Waals surface area contributed by atoms with Gasteiger partial charge in [0.2, 0.25) is 0 Å². The lowest BCUT2D eigenvalue weighted by molar-refractivity contribution is 0.104. The Balaban J connectivity index is 1.66. The van der Waals surface area contributed by atoms with Gasteiger partial charge in [-0.25, -0.2) is 4.39 Å².